The molecule has 6 heteroatoms. The van der Waals surface area contributed by atoms with Crippen LogP contribution in [0, 0.1) is 22.0 Å². The predicted molar refractivity (Wildman–Crippen MR) is 93.2 cm³/mol. The highest BCUT2D eigenvalue weighted by molar-refractivity contribution is 5.54. The van der Waals surface area contributed by atoms with Crippen LogP contribution in [0.4, 0.5) is 5.69 Å². The zero-order valence-corrected chi connectivity index (χ0v) is 13.6. The third-order valence-electron chi connectivity index (χ3n) is 4.08. The molecule has 128 valence electrons. The topological polar surface area (TPSA) is 75.8 Å². The quantitative estimate of drug-likeness (QED) is 0.529. The van der Waals surface area contributed by atoms with Gasteiger partial charge in [-0.25, -0.2) is 0 Å². The van der Waals surface area contributed by atoms with E-state index in [9.17, 15) is 15.2 Å². The second kappa shape index (κ2) is 7.79. The number of phenolic OH excluding ortho intramolecular Hbond substituents is 1. The number of aromatic hydroxyl groups is 1. The third-order valence-corrected chi connectivity index (χ3v) is 4.08. The molecular formula is C19H18N2O4. The maximum atomic E-state index is 11.1. The van der Waals surface area contributed by atoms with Crippen LogP contribution in [0.2, 0.25) is 0 Å². The molecule has 25 heavy (non-hydrogen) atoms. The summed E-state index contributed by atoms with van der Waals surface area (Å²) < 4.78 is 5.38. The summed E-state index contributed by atoms with van der Waals surface area (Å²) in [6.07, 6.45) is 0. The lowest BCUT2D eigenvalue weighted by molar-refractivity contribution is -0.386. The van der Waals surface area contributed by atoms with Crippen molar-refractivity contribution in [2.75, 3.05) is 26.3 Å². The van der Waals surface area contributed by atoms with Gasteiger partial charge in [-0.15, -0.1) is 0 Å². The summed E-state index contributed by atoms with van der Waals surface area (Å²) >= 11 is 0. The molecule has 1 saturated heterocycles. The van der Waals surface area contributed by atoms with Gasteiger partial charge < -0.3 is 9.84 Å². The van der Waals surface area contributed by atoms with Crippen LogP contribution in [0.5, 0.6) is 5.75 Å². The average Bonchev–Trinajstić information content (AvgIpc) is 2.64. The molecule has 0 bridgehead atoms. The number of nitro groups is 1. The Labute approximate surface area is 145 Å². The second-order valence-electron chi connectivity index (χ2n) is 5.66. The van der Waals surface area contributed by atoms with Crippen molar-refractivity contribution in [3.05, 3.63) is 69.8 Å². The Balaban J connectivity index is 2.01. The summed E-state index contributed by atoms with van der Waals surface area (Å²) in [5, 5.41) is 21.5. The van der Waals surface area contributed by atoms with Crippen molar-refractivity contribution in [3.63, 3.8) is 0 Å². The molecule has 1 aliphatic rings. The van der Waals surface area contributed by atoms with Crippen LogP contribution in [-0.4, -0.2) is 41.2 Å². The first-order valence-electron chi connectivity index (χ1n) is 8.01. The van der Waals surface area contributed by atoms with Crippen LogP contribution >= 0.6 is 0 Å². The monoisotopic (exact) mass is 338 g/mol. The molecule has 1 heterocycles. The number of rotatable bonds is 3. The maximum absolute atomic E-state index is 11.1. The minimum atomic E-state index is -0.583. The van der Waals surface area contributed by atoms with Crippen LogP contribution in [0.3, 0.4) is 0 Å². The number of benzene rings is 2. The molecule has 1 fully saturated rings. The lowest BCUT2D eigenvalue weighted by Crippen LogP contribution is -2.38. The standard InChI is InChI=1S/C19H18N2O4/c22-19-16(7-4-8-18(19)21(23)24)17(20-11-13-25-14-12-20)10-9-15-5-2-1-3-6-15/h1-8,17,22H,11-14H2. The van der Waals surface area contributed by atoms with Gasteiger partial charge in [0.25, 0.3) is 0 Å². The van der Waals surface area contributed by atoms with Gasteiger partial charge >= 0.3 is 5.69 Å². The van der Waals surface area contributed by atoms with Gasteiger partial charge in [0.05, 0.1) is 18.1 Å². The predicted octanol–water partition coefficient (Wildman–Crippen LogP) is 2.73. The third kappa shape index (κ3) is 3.97. The SMILES string of the molecule is O=[N+]([O-])c1cccc(C(C#Cc2ccccc2)N2CCOCC2)c1O. The fourth-order valence-corrected chi connectivity index (χ4v) is 2.79. The molecule has 1 N–H and O–H groups in total. The van der Waals surface area contributed by atoms with E-state index in [4.69, 9.17) is 4.74 Å². The number of para-hydroxylation sites is 1. The molecule has 6 nitrogen and oxygen atoms in total. The van der Waals surface area contributed by atoms with Gasteiger partial charge in [0.15, 0.2) is 5.75 Å². The maximum Gasteiger partial charge on any atom is 0.311 e. The lowest BCUT2D eigenvalue weighted by Gasteiger charge is -2.31. The molecule has 0 saturated carbocycles. The highest BCUT2D eigenvalue weighted by Gasteiger charge is 2.27. The summed E-state index contributed by atoms with van der Waals surface area (Å²) in [7, 11) is 0. The number of hydrogen-bond donors (Lipinski definition) is 1. The Kier molecular flexibility index (Phi) is 5.29. The second-order valence-corrected chi connectivity index (χ2v) is 5.66. The number of hydrogen-bond acceptors (Lipinski definition) is 5. The van der Waals surface area contributed by atoms with Crippen LogP contribution in [0.15, 0.2) is 48.5 Å². The first-order chi connectivity index (χ1) is 12.2. The number of ether oxygens (including phenoxy) is 1. The van der Waals surface area contributed by atoms with E-state index < -0.39 is 11.0 Å². The van der Waals surface area contributed by atoms with Crippen LogP contribution in [0.1, 0.15) is 17.2 Å². The minimum absolute atomic E-state index is 0.308. The smallest absolute Gasteiger partial charge is 0.311 e. The fourth-order valence-electron chi connectivity index (χ4n) is 2.79. The Morgan fingerprint density at radius 2 is 1.84 bits per heavy atom. The number of morpholine rings is 1. The summed E-state index contributed by atoms with van der Waals surface area (Å²) in [4.78, 5) is 12.6. The normalized spacial score (nSPS) is 15.8. The zero-order chi connectivity index (χ0) is 17.6. The van der Waals surface area contributed by atoms with Crippen molar-refractivity contribution in [2.24, 2.45) is 0 Å². The summed E-state index contributed by atoms with van der Waals surface area (Å²) in [5.41, 5.74) is 0.988. The van der Waals surface area contributed by atoms with E-state index in [-0.39, 0.29) is 11.4 Å². The van der Waals surface area contributed by atoms with Gasteiger partial charge in [-0.3, -0.25) is 15.0 Å². The fraction of sp³-hybridized carbons (Fsp3) is 0.263. The first-order valence-corrected chi connectivity index (χ1v) is 8.01. The lowest BCUT2D eigenvalue weighted by atomic mass is 10.0. The van der Waals surface area contributed by atoms with Gasteiger partial charge in [0, 0.05) is 30.3 Å². The Bertz CT molecular complexity index is 805. The molecule has 1 aliphatic heterocycles. The average molecular weight is 338 g/mol. The van der Waals surface area contributed by atoms with Gasteiger partial charge in [-0.1, -0.05) is 42.2 Å². The largest absolute Gasteiger partial charge is 0.502 e. The van der Waals surface area contributed by atoms with E-state index in [1.54, 1.807) is 12.1 Å². The van der Waals surface area contributed by atoms with Crippen molar-refractivity contribution < 1.29 is 14.8 Å². The van der Waals surface area contributed by atoms with Crippen molar-refractivity contribution in [1.29, 1.82) is 0 Å². The van der Waals surface area contributed by atoms with Crippen molar-refractivity contribution >= 4 is 5.69 Å². The summed E-state index contributed by atoms with van der Waals surface area (Å²) in [6, 6.07) is 13.6. The molecule has 2 aromatic rings. The van der Waals surface area contributed by atoms with Gasteiger partial charge in [0.1, 0.15) is 6.04 Å². The van der Waals surface area contributed by atoms with E-state index in [1.807, 2.05) is 30.3 Å². The van der Waals surface area contributed by atoms with Gasteiger partial charge in [-0.05, 0) is 12.1 Å². The number of nitrogens with zero attached hydrogens (tertiary/aromatic N) is 2. The highest BCUT2D eigenvalue weighted by Crippen LogP contribution is 2.35. The molecule has 0 amide bonds. The molecule has 1 unspecified atom stereocenters. The molecule has 0 spiro atoms. The molecular weight excluding hydrogens is 320 g/mol. The minimum Gasteiger partial charge on any atom is -0.502 e. The Hall–Kier alpha value is -2.88. The molecule has 1 atom stereocenters. The van der Waals surface area contributed by atoms with Crippen LogP contribution < -0.4 is 0 Å². The van der Waals surface area contributed by atoms with Crippen molar-refractivity contribution in [1.82, 2.24) is 4.90 Å². The van der Waals surface area contributed by atoms with E-state index >= 15 is 0 Å². The van der Waals surface area contributed by atoms with Gasteiger partial charge in [0.2, 0.25) is 0 Å². The number of nitro benzene ring substituents is 1. The summed E-state index contributed by atoms with van der Waals surface area (Å²) in [6.45, 7) is 2.44. The molecule has 0 aliphatic carbocycles. The summed E-state index contributed by atoms with van der Waals surface area (Å²) in [5.74, 6) is 5.94. The first kappa shape index (κ1) is 17.0. The molecule has 2 aromatic carbocycles. The highest BCUT2D eigenvalue weighted by atomic mass is 16.6. The zero-order valence-electron chi connectivity index (χ0n) is 13.6. The number of phenols is 1. The van der Waals surface area contributed by atoms with E-state index in [0.717, 1.165) is 5.56 Å². The Morgan fingerprint density at radius 1 is 1.12 bits per heavy atom. The van der Waals surface area contributed by atoms with Crippen LogP contribution in [-0.2, 0) is 4.74 Å². The van der Waals surface area contributed by atoms with Crippen molar-refractivity contribution in [2.45, 2.75) is 6.04 Å². The van der Waals surface area contributed by atoms with E-state index in [0.29, 0.717) is 31.9 Å². The van der Waals surface area contributed by atoms with Gasteiger partial charge in [-0.2, -0.15) is 0 Å². The van der Waals surface area contributed by atoms with E-state index in [2.05, 4.69) is 16.7 Å². The Morgan fingerprint density at radius 3 is 2.52 bits per heavy atom. The molecule has 3 rings (SSSR count). The van der Waals surface area contributed by atoms with E-state index in [1.165, 1.54) is 6.07 Å². The van der Waals surface area contributed by atoms with Crippen molar-refractivity contribution in [3.8, 4) is 17.6 Å². The molecule has 0 radical (unpaired) electrons. The molecule has 0 aromatic heterocycles. The van der Waals surface area contributed by atoms with Crippen LogP contribution in [0.25, 0.3) is 0 Å².